The smallest absolute Gasteiger partial charge is 0.420 e. The number of anilines is 1. The molecule has 1 N–H and O–H groups in total. The molecule has 1 saturated carbocycles. The molecular weight excluding hydrogens is 649 g/mol. The van der Waals surface area contributed by atoms with Gasteiger partial charge in [0.25, 0.3) is 11.3 Å². The number of benzene rings is 1. The van der Waals surface area contributed by atoms with Gasteiger partial charge in [0.2, 0.25) is 0 Å². The Morgan fingerprint density at radius 2 is 1.75 bits per heavy atom. The molecular formula is C28H34IN3O7S. The van der Waals surface area contributed by atoms with Crippen LogP contribution in [0.4, 0.5) is 10.5 Å². The van der Waals surface area contributed by atoms with Gasteiger partial charge in [-0.3, -0.25) is 13.7 Å². The molecule has 4 rings (SSSR count). The zero-order valence-electron chi connectivity index (χ0n) is 23.6. The Morgan fingerprint density at radius 1 is 1.10 bits per heavy atom. The van der Waals surface area contributed by atoms with Crippen molar-refractivity contribution in [3.63, 3.8) is 0 Å². The molecule has 1 aromatic carbocycles. The van der Waals surface area contributed by atoms with Crippen molar-refractivity contribution in [1.29, 1.82) is 0 Å². The number of pyridine rings is 1. The Kier molecular flexibility index (Phi) is 8.53. The van der Waals surface area contributed by atoms with Gasteiger partial charge in [-0.05, 0) is 101 Å². The highest BCUT2D eigenvalue weighted by Crippen LogP contribution is 2.46. The molecule has 216 valence electrons. The maximum Gasteiger partial charge on any atom is 0.420 e. The maximum atomic E-state index is 13.2. The van der Waals surface area contributed by atoms with E-state index in [4.69, 9.17) is 14.2 Å². The van der Waals surface area contributed by atoms with E-state index in [1.54, 1.807) is 49.7 Å². The Bertz CT molecular complexity index is 1490. The van der Waals surface area contributed by atoms with E-state index in [1.165, 1.54) is 7.11 Å². The van der Waals surface area contributed by atoms with Gasteiger partial charge >= 0.3 is 12.1 Å². The van der Waals surface area contributed by atoms with Gasteiger partial charge in [0, 0.05) is 32.3 Å². The summed E-state index contributed by atoms with van der Waals surface area (Å²) >= 11 is -0.276. The number of rotatable bonds is 7. The predicted octanol–water partition coefficient (Wildman–Crippen LogP) is 6.26. The fourth-order valence-electron chi connectivity index (χ4n) is 4.30. The minimum Gasteiger partial charge on any atom is -0.495 e. The van der Waals surface area contributed by atoms with E-state index in [0.717, 1.165) is 37.4 Å². The number of ether oxygens (including phenoxy) is 3. The van der Waals surface area contributed by atoms with Crippen molar-refractivity contribution in [2.24, 2.45) is 0 Å². The SMILES string of the molecule is COc1ccc(-c2cnc3c(c2)c(I)c(C2CC2)n3C(=O)OC(C)(C)C)cc1N(CC(=O)OC(C)(C)C)S(=O)O. The molecule has 10 nitrogen and oxygen atoms in total. The summed E-state index contributed by atoms with van der Waals surface area (Å²) in [6, 6.07) is 7.07. The predicted molar refractivity (Wildman–Crippen MR) is 162 cm³/mol. The summed E-state index contributed by atoms with van der Waals surface area (Å²) in [6.45, 7) is 10.2. The van der Waals surface area contributed by atoms with E-state index in [1.807, 2.05) is 26.8 Å². The molecule has 1 unspecified atom stereocenters. The third-order valence-corrected chi connectivity index (χ3v) is 7.82. The normalized spacial score (nSPS) is 14.6. The summed E-state index contributed by atoms with van der Waals surface area (Å²) in [7, 11) is 1.44. The molecule has 0 bridgehead atoms. The number of halogens is 1. The van der Waals surface area contributed by atoms with Gasteiger partial charge in [-0.2, -0.15) is 0 Å². The van der Waals surface area contributed by atoms with Crippen molar-refractivity contribution in [3.8, 4) is 16.9 Å². The van der Waals surface area contributed by atoms with E-state index in [-0.39, 0.29) is 11.6 Å². The molecule has 0 saturated heterocycles. The van der Waals surface area contributed by atoms with E-state index in [9.17, 15) is 18.4 Å². The topological polar surface area (TPSA) is 120 Å². The van der Waals surface area contributed by atoms with Gasteiger partial charge in [-0.1, -0.05) is 6.07 Å². The van der Waals surface area contributed by atoms with Crippen molar-refractivity contribution in [3.05, 3.63) is 39.7 Å². The number of carbonyl (C=O) groups is 2. The van der Waals surface area contributed by atoms with Crippen LogP contribution in [0.5, 0.6) is 5.75 Å². The summed E-state index contributed by atoms with van der Waals surface area (Å²) in [5.74, 6) is -0.0767. The average molecular weight is 684 g/mol. The Labute approximate surface area is 249 Å². The number of fused-ring (bicyclic) bond motifs is 1. The summed E-state index contributed by atoms with van der Waals surface area (Å²) in [5.41, 5.74) is 1.66. The van der Waals surface area contributed by atoms with Gasteiger partial charge in [-0.15, -0.1) is 0 Å². The monoisotopic (exact) mass is 683 g/mol. The highest BCUT2D eigenvalue weighted by atomic mass is 127. The van der Waals surface area contributed by atoms with Crippen LogP contribution in [0.25, 0.3) is 22.2 Å². The number of hydrogen-bond acceptors (Lipinski definition) is 7. The lowest BCUT2D eigenvalue weighted by Gasteiger charge is -2.25. The van der Waals surface area contributed by atoms with Crippen LogP contribution in [0.3, 0.4) is 0 Å². The number of esters is 1. The molecule has 2 aromatic heterocycles. The van der Waals surface area contributed by atoms with Crippen molar-refractivity contribution in [2.75, 3.05) is 18.0 Å². The van der Waals surface area contributed by atoms with Crippen LogP contribution >= 0.6 is 22.6 Å². The zero-order valence-corrected chi connectivity index (χ0v) is 26.6. The third-order valence-electron chi connectivity index (χ3n) is 5.98. The molecule has 1 aliphatic carbocycles. The Hall–Kier alpha value is -2.71. The van der Waals surface area contributed by atoms with E-state index >= 15 is 0 Å². The minimum absolute atomic E-state index is 0.242. The number of hydrogen-bond donors (Lipinski definition) is 1. The lowest BCUT2D eigenvalue weighted by molar-refractivity contribution is -0.152. The molecule has 0 aliphatic heterocycles. The average Bonchev–Trinajstić information content (AvgIpc) is 3.63. The van der Waals surface area contributed by atoms with Gasteiger partial charge in [-0.25, -0.2) is 18.6 Å². The first-order valence-electron chi connectivity index (χ1n) is 12.8. The van der Waals surface area contributed by atoms with Crippen LogP contribution < -0.4 is 9.04 Å². The quantitative estimate of drug-likeness (QED) is 0.176. The molecule has 40 heavy (non-hydrogen) atoms. The van der Waals surface area contributed by atoms with Crippen molar-refractivity contribution >= 4 is 62.6 Å². The molecule has 1 aliphatic rings. The summed E-state index contributed by atoms with van der Waals surface area (Å²) in [6.07, 6.45) is 3.18. The second-order valence-corrected chi connectivity index (χ2v) is 13.6. The molecule has 12 heteroatoms. The molecule has 0 radical (unpaired) electrons. The van der Waals surface area contributed by atoms with Crippen LogP contribution in [0, 0.1) is 3.57 Å². The highest BCUT2D eigenvalue weighted by Gasteiger charge is 2.35. The van der Waals surface area contributed by atoms with E-state index in [2.05, 4.69) is 27.6 Å². The Balaban J connectivity index is 1.78. The van der Waals surface area contributed by atoms with Crippen molar-refractivity contribution < 1.29 is 32.6 Å². The second-order valence-electron chi connectivity index (χ2n) is 11.6. The third kappa shape index (κ3) is 6.77. The van der Waals surface area contributed by atoms with Gasteiger partial charge in [0.1, 0.15) is 23.5 Å². The van der Waals surface area contributed by atoms with Crippen molar-refractivity contribution in [1.82, 2.24) is 9.55 Å². The molecule has 1 fully saturated rings. The Morgan fingerprint density at radius 3 is 2.30 bits per heavy atom. The van der Waals surface area contributed by atoms with E-state index in [0.29, 0.717) is 17.0 Å². The number of nitrogens with zero attached hydrogens (tertiary/aromatic N) is 3. The zero-order chi connectivity index (χ0) is 29.6. The highest BCUT2D eigenvalue weighted by molar-refractivity contribution is 14.1. The first kappa shape index (κ1) is 30.3. The fourth-order valence-corrected chi connectivity index (χ4v) is 5.90. The van der Waals surface area contributed by atoms with Crippen LogP contribution in [0.15, 0.2) is 30.5 Å². The molecule has 1 atom stereocenters. The van der Waals surface area contributed by atoms with Crippen LogP contribution in [0.1, 0.15) is 66.0 Å². The summed E-state index contributed by atoms with van der Waals surface area (Å²) < 4.78 is 42.4. The second kappa shape index (κ2) is 11.3. The number of carbonyl (C=O) groups excluding carboxylic acids is 2. The maximum absolute atomic E-state index is 13.2. The standard InChI is InChI=1S/C28H34IN3O7S/c1-27(2,3)38-22(33)15-31(40(35)36)20-13-17(10-11-21(20)37-7)18-12-19-23(29)24(16-8-9-16)32(25(19)30-14-18)26(34)39-28(4,5)6/h10-14,16H,8-9,15H2,1-7H3,(H,35,36). The van der Waals surface area contributed by atoms with Gasteiger partial charge in [0.15, 0.2) is 5.65 Å². The van der Waals surface area contributed by atoms with Crippen LogP contribution in [0.2, 0.25) is 0 Å². The summed E-state index contributed by atoms with van der Waals surface area (Å²) in [4.78, 5) is 30.4. The van der Waals surface area contributed by atoms with Crippen molar-refractivity contribution in [2.45, 2.75) is 71.5 Å². The van der Waals surface area contributed by atoms with Gasteiger partial charge < -0.3 is 14.2 Å². The first-order valence-corrected chi connectivity index (χ1v) is 15.0. The summed E-state index contributed by atoms with van der Waals surface area (Å²) in [5, 5.41) is 0.805. The van der Waals surface area contributed by atoms with Gasteiger partial charge in [0.05, 0.1) is 12.8 Å². The van der Waals surface area contributed by atoms with E-state index < -0.39 is 41.1 Å². The lowest BCUT2D eigenvalue weighted by atomic mass is 10.1. The minimum atomic E-state index is -2.54. The number of methoxy groups -OCH3 is 1. The first-order chi connectivity index (χ1) is 18.6. The largest absolute Gasteiger partial charge is 0.495 e. The van der Waals surface area contributed by atoms with Crippen LogP contribution in [-0.2, 0) is 25.5 Å². The number of aromatic nitrogens is 2. The molecule has 2 heterocycles. The fraction of sp³-hybridized carbons (Fsp3) is 0.464. The molecule has 0 spiro atoms. The lowest BCUT2D eigenvalue weighted by Crippen LogP contribution is -2.36. The molecule has 3 aromatic rings. The van der Waals surface area contributed by atoms with Crippen LogP contribution in [-0.4, -0.2) is 55.2 Å². The molecule has 0 amide bonds.